The Balaban J connectivity index is 2.42. The van der Waals surface area contributed by atoms with E-state index in [4.69, 9.17) is 4.74 Å². The number of nitrogens with zero attached hydrogens (tertiary/aromatic N) is 1. The lowest BCUT2D eigenvalue weighted by Gasteiger charge is -2.10. The average Bonchev–Trinajstić information content (AvgIpc) is 2.32. The van der Waals surface area contributed by atoms with Gasteiger partial charge in [-0.05, 0) is 53.6 Å². The van der Waals surface area contributed by atoms with E-state index in [1.54, 1.807) is 29.7 Å². The maximum absolute atomic E-state index is 12.5. The first-order valence-electron chi connectivity index (χ1n) is 5.86. The van der Waals surface area contributed by atoms with E-state index in [1.165, 1.54) is 12.3 Å². The van der Waals surface area contributed by atoms with Crippen LogP contribution in [0, 0.1) is 3.57 Å². The molecule has 1 aromatic heterocycles. The molecule has 0 unspecified atom stereocenters. The zero-order valence-corrected chi connectivity index (χ0v) is 12.7. The summed E-state index contributed by atoms with van der Waals surface area (Å²) in [5.74, 6) is 0. The molecular formula is C12H16F3IN2O. The molecule has 1 heterocycles. The predicted octanol–water partition coefficient (Wildman–Crippen LogP) is 3.22. The number of hydrogen-bond donors (Lipinski definition) is 1. The molecule has 0 radical (unpaired) electrons. The fraction of sp³-hybridized carbons (Fsp3) is 0.583. The van der Waals surface area contributed by atoms with Gasteiger partial charge in [0.2, 0.25) is 0 Å². The minimum Gasteiger partial charge on any atom is -0.385 e. The second kappa shape index (κ2) is 8.01. The third-order valence-corrected chi connectivity index (χ3v) is 3.27. The summed E-state index contributed by atoms with van der Waals surface area (Å²) < 4.78 is 42.6. The summed E-state index contributed by atoms with van der Waals surface area (Å²) in [6.45, 7) is 2.05. The number of methoxy groups -OCH3 is 1. The molecule has 0 aliphatic heterocycles. The fourth-order valence-corrected chi connectivity index (χ4v) is 2.36. The minimum absolute atomic E-state index is 0.129. The number of rotatable bonds is 7. The van der Waals surface area contributed by atoms with Gasteiger partial charge in [-0.2, -0.15) is 13.2 Å². The molecule has 1 aromatic rings. The first kappa shape index (κ1) is 16.6. The van der Waals surface area contributed by atoms with Gasteiger partial charge >= 0.3 is 6.18 Å². The molecule has 1 N–H and O–H groups in total. The van der Waals surface area contributed by atoms with E-state index in [9.17, 15) is 13.2 Å². The number of halogens is 4. The number of unbranched alkanes of at least 4 members (excludes halogenated alkanes) is 1. The second-order valence-electron chi connectivity index (χ2n) is 4.05. The van der Waals surface area contributed by atoms with Gasteiger partial charge in [0.05, 0.1) is 0 Å². The van der Waals surface area contributed by atoms with Crippen LogP contribution < -0.4 is 5.32 Å². The molecule has 0 aliphatic rings. The lowest BCUT2D eigenvalue weighted by Crippen LogP contribution is -2.17. The highest BCUT2D eigenvalue weighted by atomic mass is 127. The number of ether oxygens (including phenoxy) is 1. The molecule has 0 spiro atoms. The number of hydrogen-bond acceptors (Lipinski definition) is 3. The Labute approximate surface area is 124 Å². The SMILES string of the molecule is COCCCCNCc1cnc(C(F)(F)F)c(I)c1. The molecule has 108 valence electrons. The van der Waals surface area contributed by atoms with Crippen molar-refractivity contribution in [3.63, 3.8) is 0 Å². The van der Waals surface area contributed by atoms with Gasteiger partial charge < -0.3 is 10.1 Å². The second-order valence-corrected chi connectivity index (χ2v) is 5.21. The van der Waals surface area contributed by atoms with E-state index in [0.29, 0.717) is 6.54 Å². The third kappa shape index (κ3) is 6.05. The molecule has 1 rings (SSSR count). The van der Waals surface area contributed by atoms with E-state index in [-0.39, 0.29) is 3.57 Å². The molecule has 0 saturated heterocycles. The van der Waals surface area contributed by atoms with Crippen molar-refractivity contribution in [2.24, 2.45) is 0 Å². The molecule has 0 saturated carbocycles. The first-order valence-corrected chi connectivity index (χ1v) is 6.94. The van der Waals surface area contributed by atoms with Gasteiger partial charge in [-0.3, -0.25) is 4.98 Å². The van der Waals surface area contributed by atoms with Crippen molar-refractivity contribution in [3.05, 3.63) is 27.1 Å². The van der Waals surface area contributed by atoms with Crippen LogP contribution in [0.25, 0.3) is 0 Å². The van der Waals surface area contributed by atoms with Crippen LogP contribution in [-0.4, -0.2) is 25.2 Å². The number of alkyl halides is 3. The van der Waals surface area contributed by atoms with Crippen LogP contribution in [0.15, 0.2) is 12.3 Å². The summed E-state index contributed by atoms with van der Waals surface area (Å²) in [6.07, 6.45) is -1.18. The van der Waals surface area contributed by atoms with Crippen LogP contribution >= 0.6 is 22.6 Å². The summed E-state index contributed by atoms with van der Waals surface area (Å²) in [5, 5.41) is 3.17. The summed E-state index contributed by atoms with van der Waals surface area (Å²) in [5.41, 5.74) is -0.0684. The molecule has 0 amide bonds. The van der Waals surface area contributed by atoms with Crippen LogP contribution in [0.5, 0.6) is 0 Å². The topological polar surface area (TPSA) is 34.1 Å². The number of aromatic nitrogens is 1. The normalized spacial score (nSPS) is 11.8. The van der Waals surface area contributed by atoms with Crippen LogP contribution in [-0.2, 0) is 17.5 Å². The molecule has 0 fully saturated rings. The van der Waals surface area contributed by atoms with Gasteiger partial charge in [-0.1, -0.05) is 0 Å². The molecule has 7 heteroatoms. The smallest absolute Gasteiger partial charge is 0.385 e. The van der Waals surface area contributed by atoms with Crippen LogP contribution in [0.2, 0.25) is 0 Å². The monoisotopic (exact) mass is 388 g/mol. The van der Waals surface area contributed by atoms with Gasteiger partial charge in [0.25, 0.3) is 0 Å². The van der Waals surface area contributed by atoms with E-state index >= 15 is 0 Å². The Kier molecular flexibility index (Phi) is 7.01. The Morgan fingerprint density at radius 3 is 2.68 bits per heavy atom. The molecule has 19 heavy (non-hydrogen) atoms. The van der Waals surface area contributed by atoms with Crippen molar-refractivity contribution < 1.29 is 17.9 Å². The minimum atomic E-state index is -4.39. The molecular weight excluding hydrogens is 372 g/mol. The molecule has 0 atom stereocenters. The van der Waals surface area contributed by atoms with Crippen molar-refractivity contribution in [3.8, 4) is 0 Å². The number of nitrogens with one attached hydrogen (secondary N) is 1. The lowest BCUT2D eigenvalue weighted by molar-refractivity contribution is -0.141. The van der Waals surface area contributed by atoms with Crippen molar-refractivity contribution in [1.29, 1.82) is 0 Å². The van der Waals surface area contributed by atoms with Crippen LogP contribution in [0.4, 0.5) is 13.2 Å². The zero-order valence-electron chi connectivity index (χ0n) is 10.6. The maximum atomic E-state index is 12.5. The van der Waals surface area contributed by atoms with E-state index in [2.05, 4.69) is 10.3 Å². The summed E-state index contributed by atoms with van der Waals surface area (Å²) in [6, 6.07) is 1.51. The Morgan fingerprint density at radius 2 is 2.11 bits per heavy atom. The molecule has 0 aliphatic carbocycles. The van der Waals surface area contributed by atoms with Gasteiger partial charge in [0.15, 0.2) is 5.69 Å². The third-order valence-electron chi connectivity index (χ3n) is 2.45. The van der Waals surface area contributed by atoms with Crippen molar-refractivity contribution in [2.75, 3.05) is 20.3 Å². The summed E-state index contributed by atoms with van der Waals surface area (Å²) >= 11 is 1.66. The molecule has 3 nitrogen and oxygen atoms in total. The standard InChI is InChI=1S/C12H16F3IN2O/c1-19-5-3-2-4-17-7-9-6-10(16)11(18-8-9)12(13,14)15/h6,8,17H,2-5,7H2,1H3. The first-order chi connectivity index (χ1) is 8.95. The van der Waals surface area contributed by atoms with Crippen molar-refractivity contribution >= 4 is 22.6 Å². The highest BCUT2D eigenvalue weighted by molar-refractivity contribution is 14.1. The van der Waals surface area contributed by atoms with Crippen molar-refractivity contribution in [2.45, 2.75) is 25.6 Å². The predicted molar refractivity (Wildman–Crippen MR) is 74.8 cm³/mol. The van der Waals surface area contributed by atoms with Crippen LogP contribution in [0.3, 0.4) is 0 Å². The highest BCUT2D eigenvalue weighted by Gasteiger charge is 2.34. The summed E-state index contributed by atoms with van der Waals surface area (Å²) in [7, 11) is 1.66. The van der Waals surface area contributed by atoms with Gasteiger partial charge in [0, 0.05) is 30.0 Å². The van der Waals surface area contributed by atoms with E-state index < -0.39 is 11.9 Å². The zero-order chi connectivity index (χ0) is 14.3. The van der Waals surface area contributed by atoms with Gasteiger partial charge in [-0.25, -0.2) is 0 Å². The highest BCUT2D eigenvalue weighted by Crippen LogP contribution is 2.31. The van der Waals surface area contributed by atoms with Crippen molar-refractivity contribution in [1.82, 2.24) is 10.3 Å². The Hall–Kier alpha value is -0.410. The molecule has 0 aromatic carbocycles. The van der Waals surface area contributed by atoms with E-state index in [0.717, 1.165) is 31.6 Å². The Morgan fingerprint density at radius 1 is 1.37 bits per heavy atom. The summed E-state index contributed by atoms with van der Waals surface area (Å²) in [4.78, 5) is 3.49. The Bertz CT molecular complexity index is 399. The van der Waals surface area contributed by atoms with Gasteiger partial charge in [-0.15, -0.1) is 0 Å². The lowest BCUT2D eigenvalue weighted by atomic mass is 10.2. The van der Waals surface area contributed by atoms with E-state index in [1.807, 2.05) is 0 Å². The fourth-order valence-electron chi connectivity index (χ4n) is 1.51. The maximum Gasteiger partial charge on any atom is 0.434 e. The average molecular weight is 388 g/mol. The molecule has 0 bridgehead atoms. The quantitative estimate of drug-likeness (QED) is 0.576. The van der Waals surface area contributed by atoms with Gasteiger partial charge in [0.1, 0.15) is 0 Å². The number of pyridine rings is 1. The largest absolute Gasteiger partial charge is 0.434 e. The van der Waals surface area contributed by atoms with Crippen LogP contribution in [0.1, 0.15) is 24.1 Å².